The number of fused-ring (bicyclic) bond motifs is 3. The van der Waals surface area contributed by atoms with Gasteiger partial charge in [0.2, 0.25) is 0 Å². The Labute approximate surface area is 263 Å². The summed E-state index contributed by atoms with van der Waals surface area (Å²) in [7, 11) is 0. The zero-order chi connectivity index (χ0) is 31.9. The molecule has 0 N–H and O–H groups in total. The van der Waals surface area contributed by atoms with Crippen molar-refractivity contribution in [2.75, 3.05) is 0 Å². The van der Waals surface area contributed by atoms with Gasteiger partial charge in [0.15, 0.2) is 11.6 Å². The maximum atomic E-state index is 14.6. The molecule has 3 nitrogen and oxygen atoms in total. The number of aryl methyl sites for hydroxylation is 1. The fourth-order valence-electron chi connectivity index (χ4n) is 9.74. The van der Waals surface area contributed by atoms with Crippen LogP contribution in [0, 0.1) is 35.0 Å². The third kappa shape index (κ3) is 4.33. The standard InChI is InChI=1S/C41H46O3/c1-23(2)29-11-10-12-30(19-29)31-16-14-28(17-31)18-32-15-13-24(3)35-33(32)21-39(7)22-40(8)20-25(4)34(27(6)42)38(44)41(40,9)26(5)36(39)37(35)43/h10-13,15-17,19,25,34H,1,14,18,20-22H2,2-9H3/t25?,34?,39-,40+,41+/m1/s1. The van der Waals surface area contributed by atoms with E-state index in [1.807, 2.05) is 27.7 Å². The maximum Gasteiger partial charge on any atom is 0.190 e. The number of hydrogen-bond acceptors (Lipinski definition) is 3. The van der Waals surface area contributed by atoms with Crippen LogP contribution in [0.2, 0.25) is 0 Å². The van der Waals surface area contributed by atoms with Gasteiger partial charge in [-0.2, -0.15) is 0 Å². The molecule has 0 amide bonds. The van der Waals surface area contributed by atoms with Crippen LogP contribution in [0.3, 0.4) is 0 Å². The Bertz CT molecular complexity index is 1760. The van der Waals surface area contributed by atoms with E-state index >= 15 is 0 Å². The molecule has 1 saturated carbocycles. The lowest BCUT2D eigenvalue weighted by molar-refractivity contribution is -0.154. The topological polar surface area (TPSA) is 51.2 Å². The van der Waals surface area contributed by atoms with E-state index in [1.54, 1.807) is 6.92 Å². The molecule has 2 aromatic rings. The Morgan fingerprint density at radius 3 is 2.45 bits per heavy atom. The van der Waals surface area contributed by atoms with Crippen LogP contribution in [0.1, 0.15) is 106 Å². The molecular formula is C41H46O3. The van der Waals surface area contributed by atoms with Crippen LogP contribution in [0.25, 0.3) is 11.1 Å². The van der Waals surface area contributed by atoms with Gasteiger partial charge < -0.3 is 0 Å². The highest BCUT2D eigenvalue weighted by Crippen LogP contribution is 2.67. The van der Waals surface area contributed by atoms with Crippen molar-refractivity contribution in [3.8, 4) is 0 Å². The van der Waals surface area contributed by atoms with Crippen LogP contribution in [0.5, 0.6) is 0 Å². The molecule has 228 valence electrons. The minimum absolute atomic E-state index is 0.00695. The molecule has 2 aromatic carbocycles. The Hall–Kier alpha value is -3.59. The number of hydrogen-bond donors (Lipinski definition) is 0. The van der Waals surface area contributed by atoms with E-state index in [0.717, 1.165) is 65.5 Å². The zero-order valence-corrected chi connectivity index (χ0v) is 27.7. The van der Waals surface area contributed by atoms with Gasteiger partial charge in [-0.1, -0.05) is 86.6 Å². The molecule has 6 rings (SSSR count). The molecule has 0 bridgehead atoms. The number of benzene rings is 2. The first kappa shape index (κ1) is 30.4. The Morgan fingerprint density at radius 2 is 1.77 bits per heavy atom. The highest BCUT2D eigenvalue weighted by atomic mass is 16.2. The van der Waals surface area contributed by atoms with E-state index in [4.69, 9.17) is 0 Å². The van der Waals surface area contributed by atoms with E-state index in [9.17, 15) is 14.4 Å². The number of carbonyl (C=O) groups excluding carboxylic acids is 3. The summed E-state index contributed by atoms with van der Waals surface area (Å²) in [5.41, 5.74) is 10.4. The monoisotopic (exact) mass is 586 g/mol. The van der Waals surface area contributed by atoms with Crippen molar-refractivity contribution in [3.63, 3.8) is 0 Å². The van der Waals surface area contributed by atoms with E-state index in [1.165, 1.54) is 27.8 Å². The Balaban J connectivity index is 1.40. The predicted octanol–water partition coefficient (Wildman–Crippen LogP) is 9.28. The van der Waals surface area contributed by atoms with Gasteiger partial charge in [-0.3, -0.25) is 14.4 Å². The van der Waals surface area contributed by atoms with Crippen molar-refractivity contribution in [1.82, 2.24) is 0 Å². The Kier molecular flexibility index (Phi) is 7.07. The molecule has 0 heterocycles. The van der Waals surface area contributed by atoms with Crippen LogP contribution in [-0.4, -0.2) is 17.3 Å². The first-order valence-corrected chi connectivity index (χ1v) is 16.2. The molecule has 0 radical (unpaired) electrons. The lowest BCUT2D eigenvalue weighted by atomic mass is 9.40. The van der Waals surface area contributed by atoms with Crippen molar-refractivity contribution < 1.29 is 14.4 Å². The summed E-state index contributed by atoms with van der Waals surface area (Å²) in [5, 5.41) is 0. The quantitative estimate of drug-likeness (QED) is 0.328. The van der Waals surface area contributed by atoms with Crippen molar-refractivity contribution in [1.29, 1.82) is 0 Å². The number of rotatable bonds is 5. The van der Waals surface area contributed by atoms with Crippen LogP contribution in [-0.2, 0) is 22.4 Å². The summed E-state index contributed by atoms with van der Waals surface area (Å²) in [6.45, 7) is 20.3. The average Bonchev–Trinajstić information content (AvgIpc) is 3.40. The molecule has 2 unspecified atom stereocenters. The highest BCUT2D eigenvalue weighted by molar-refractivity contribution is 6.15. The van der Waals surface area contributed by atoms with Crippen molar-refractivity contribution in [2.45, 2.75) is 87.5 Å². The third-order valence-corrected chi connectivity index (χ3v) is 12.0. The largest absolute Gasteiger partial charge is 0.299 e. The number of allylic oxidation sites excluding steroid dienone is 7. The van der Waals surface area contributed by atoms with Gasteiger partial charge in [0, 0.05) is 16.6 Å². The van der Waals surface area contributed by atoms with Crippen molar-refractivity contribution in [2.24, 2.45) is 28.1 Å². The van der Waals surface area contributed by atoms with E-state index in [-0.39, 0.29) is 34.1 Å². The molecule has 4 aliphatic carbocycles. The lowest BCUT2D eigenvalue weighted by Crippen LogP contribution is -2.61. The van der Waals surface area contributed by atoms with Crippen LogP contribution < -0.4 is 0 Å². The number of ketones is 3. The molecule has 4 aliphatic rings. The van der Waals surface area contributed by atoms with Gasteiger partial charge in [0.05, 0.1) is 11.3 Å². The van der Waals surface area contributed by atoms with E-state index < -0.39 is 11.3 Å². The summed E-state index contributed by atoms with van der Waals surface area (Å²) < 4.78 is 0. The SMILES string of the molecule is C=C(C)c1cccc(C2=CCC(Cc3ccc(C)c4c3C[C@]3(C)C[C@]5(C)CC(C)C(C(C)=O)C(=O)[C@]5(C)C(C)=C3C4=O)=C2)c1. The summed E-state index contributed by atoms with van der Waals surface area (Å²) >= 11 is 0. The second-order valence-corrected chi connectivity index (χ2v) is 15.2. The maximum absolute atomic E-state index is 14.6. The van der Waals surface area contributed by atoms with Crippen LogP contribution >= 0.6 is 0 Å². The van der Waals surface area contributed by atoms with Crippen molar-refractivity contribution in [3.05, 3.63) is 105 Å². The fourth-order valence-corrected chi connectivity index (χ4v) is 9.74. The molecule has 5 atom stereocenters. The third-order valence-electron chi connectivity index (χ3n) is 12.0. The molecule has 1 fully saturated rings. The molecule has 44 heavy (non-hydrogen) atoms. The summed E-state index contributed by atoms with van der Waals surface area (Å²) in [5.74, 6) is -0.579. The first-order valence-electron chi connectivity index (χ1n) is 16.2. The molecule has 3 heteroatoms. The second kappa shape index (κ2) is 10.2. The second-order valence-electron chi connectivity index (χ2n) is 15.2. The van der Waals surface area contributed by atoms with Gasteiger partial charge in [-0.05, 0) is 118 Å². The number of carbonyl (C=O) groups is 3. The zero-order valence-electron chi connectivity index (χ0n) is 27.7. The predicted molar refractivity (Wildman–Crippen MR) is 179 cm³/mol. The minimum Gasteiger partial charge on any atom is -0.299 e. The van der Waals surface area contributed by atoms with E-state index in [2.05, 4.69) is 75.9 Å². The molecule has 0 saturated heterocycles. The smallest absolute Gasteiger partial charge is 0.190 e. The van der Waals surface area contributed by atoms with Gasteiger partial charge in [-0.25, -0.2) is 0 Å². The normalized spacial score (nSPS) is 31.2. The van der Waals surface area contributed by atoms with Gasteiger partial charge in [0.1, 0.15) is 5.78 Å². The number of Topliss-reactive ketones (excluding diaryl/α,β-unsaturated/α-hetero) is 3. The molecule has 0 spiro atoms. The van der Waals surface area contributed by atoms with Gasteiger partial charge >= 0.3 is 0 Å². The highest BCUT2D eigenvalue weighted by Gasteiger charge is 2.65. The molecular weight excluding hydrogens is 540 g/mol. The van der Waals surface area contributed by atoms with E-state index in [0.29, 0.717) is 0 Å². The summed E-state index contributed by atoms with van der Waals surface area (Å²) in [4.78, 5) is 41.5. The lowest BCUT2D eigenvalue weighted by Gasteiger charge is -2.61. The fraction of sp³-hybridized carbons (Fsp3) is 0.439. The summed E-state index contributed by atoms with van der Waals surface area (Å²) in [6.07, 6.45) is 8.69. The van der Waals surface area contributed by atoms with Crippen LogP contribution in [0.15, 0.2) is 71.8 Å². The Morgan fingerprint density at radius 1 is 1.05 bits per heavy atom. The van der Waals surface area contributed by atoms with Crippen molar-refractivity contribution >= 4 is 28.5 Å². The van der Waals surface area contributed by atoms with Gasteiger partial charge in [-0.15, -0.1) is 0 Å². The van der Waals surface area contributed by atoms with Crippen LogP contribution in [0.4, 0.5) is 0 Å². The minimum atomic E-state index is -0.832. The van der Waals surface area contributed by atoms with Gasteiger partial charge in [0.25, 0.3) is 0 Å². The summed E-state index contributed by atoms with van der Waals surface area (Å²) in [6, 6.07) is 12.9. The average molecular weight is 587 g/mol. The molecule has 0 aliphatic heterocycles. The molecule has 0 aromatic heterocycles. The first-order chi connectivity index (χ1) is 20.6.